The zero-order valence-corrected chi connectivity index (χ0v) is 18.7. The largest absolute Gasteiger partial charge is 0.493 e. The van der Waals surface area contributed by atoms with Gasteiger partial charge in [-0.05, 0) is 74.3 Å². The van der Waals surface area contributed by atoms with Gasteiger partial charge in [0, 0.05) is 24.3 Å². The van der Waals surface area contributed by atoms with Crippen LogP contribution in [0.25, 0.3) is 0 Å². The van der Waals surface area contributed by atoms with Crippen molar-refractivity contribution in [2.24, 2.45) is 0 Å². The van der Waals surface area contributed by atoms with Crippen LogP contribution in [0.1, 0.15) is 59.7 Å². The minimum atomic E-state index is -0.332. The summed E-state index contributed by atoms with van der Waals surface area (Å²) in [5.74, 6) is 0.264. The van der Waals surface area contributed by atoms with Crippen LogP contribution < -0.4 is 15.4 Å². The molecule has 0 aliphatic carbocycles. The number of hydrogen-bond acceptors (Lipinski definition) is 4. The second-order valence-corrected chi connectivity index (χ2v) is 7.94. The number of amides is 2. The number of nitrogens with one attached hydrogen (secondary N) is 2. The molecule has 0 saturated carbocycles. The molecule has 31 heavy (non-hydrogen) atoms. The molecule has 2 aromatic rings. The van der Waals surface area contributed by atoms with E-state index in [1.54, 1.807) is 42.5 Å². The summed E-state index contributed by atoms with van der Waals surface area (Å²) >= 11 is 5.29. The zero-order valence-electron chi connectivity index (χ0n) is 17.9. The van der Waals surface area contributed by atoms with Gasteiger partial charge in [0.2, 0.25) is 0 Å². The van der Waals surface area contributed by atoms with E-state index in [1.165, 1.54) is 6.42 Å². The number of piperidine rings is 1. The second kappa shape index (κ2) is 11.5. The third kappa shape index (κ3) is 6.52. The Morgan fingerprint density at radius 3 is 2.45 bits per heavy atom. The standard InChI is InChI=1S/C24H29N3O3S/c1-2-3-17-30-21-10-6-5-9-20(21)22(28)26-24(31)25-19-13-11-18(12-14-19)23(29)27-15-7-4-8-16-27/h5-6,9-14H,2-4,7-8,15-17H2,1H3,(H2,25,26,28,31). The van der Waals surface area contributed by atoms with Crippen molar-refractivity contribution in [1.82, 2.24) is 10.2 Å². The molecule has 0 unspecified atom stereocenters. The van der Waals surface area contributed by atoms with Crippen molar-refractivity contribution in [3.8, 4) is 5.75 Å². The van der Waals surface area contributed by atoms with E-state index in [9.17, 15) is 9.59 Å². The molecule has 0 aromatic heterocycles. The molecule has 2 N–H and O–H groups in total. The number of carbonyl (C=O) groups is 2. The lowest BCUT2D eigenvalue weighted by molar-refractivity contribution is 0.0724. The summed E-state index contributed by atoms with van der Waals surface area (Å²) in [4.78, 5) is 27.1. The SMILES string of the molecule is CCCCOc1ccccc1C(=O)NC(=S)Nc1ccc(C(=O)N2CCCCC2)cc1. The van der Waals surface area contributed by atoms with Gasteiger partial charge in [-0.25, -0.2) is 0 Å². The summed E-state index contributed by atoms with van der Waals surface area (Å²) in [5, 5.41) is 5.87. The normalized spacial score (nSPS) is 13.4. The van der Waals surface area contributed by atoms with Crippen molar-refractivity contribution in [3.05, 3.63) is 59.7 Å². The Labute approximate surface area is 189 Å². The highest BCUT2D eigenvalue weighted by atomic mass is 32.1. The fourth-order valence-electron chi connectivity index (χ4n) is 3.42. The van der Waals surface area contributed by atoms with Crippen LogP contribution in [0.5, 0.6) is 5.75 Å². The van der Waals surface area contributed by atoms with Gasteiger partial charge in [-0.15, -0.1) is 0 Å². The van der Waals surface area contributed by atoms with Crippen molar-refractivity contribution >= 4 is 34.8 Å². The Kier molecular flexibility index (Phi) is 8.41. The molecule has 0 bridgehead atoms. The van der Waals surface area contributed by atoms with Gasteiger partial charge in [-0.3, -0.25) is 14.9 Å². The number of hydrogen-bond donors (Lipinski definition) is 2. The highest BCUT2D eigenvalue weighted by Crippen LogP contribution is 2.19. The van der Waals surface area contributed by atoms with Crippen LogP contribution in [0.3, 0.4) is 0 Å². The quantitative estimate of drug-likeness (QED) is 0.487. The first-order chi connectivity index (χ1) is 15.1. The third-order valence-corrected chi connectivity index (χ3v) is 5.35. The summed E-state index contributed by atoms with van der Waals surface area (Å²) < 4.78 is 5.72. The van der Waals surface area contributed by atoms with E-state index in [0.29, 0.717) is 29.2 Å². The van der Waals surface area contributed by atoms with E-state index in [-0.39, 0.29) is 16.9 Å². The Bertz CT molecular complexity index is 909. The predicted molar refractivity (Wildman–Crippen MR) is 127 cm³/mol. The Balaban J connectivity index is 1.56. The number of thiocarbonyl (C=S) groups is 1. The fraction of sp³-hybridized carbons (Fsp3) is 0.375. The molecular formula is C24H29N3O3S. The minimum Gasteiger partial charge on any atom is -0.493 e. The third-order valence-electron chi connectivity index (χ3n) is 5.15. The molecule has 7 heteroatoms. The molecule has 0 radical (unpaired) electrons. The van der Waals surface area contributed by atoms with Crippen LogP contribution in [0.4, 0.5) is 5.69 Å². The first-order valence-corrected chi connectivity index (χ1v) is 11.2. The van der Waals surface area contributed by atoms with Gasteiger partial charge in [-0.1, -0.05) is 25.5 Å². The number of unbranched alkanes of at least 4 members (excludes halogenated alkanes) is 1. The van der Waals surface area contributed by atoms with Gasteiger partial charge in [-0.2, -0.15) is 0 Å². The Morgan fingerprint density at radius 2 is 1.74 bits per heavy atom. The van der Waals surface area contributed by atoms with Crippen molar-refractivity contribution in [1.29, 1.82) is 0 Å². The molecular weight excluding hydrogens is 410 g/mol. The molecule has 1 aliphatic rings. The molecule has 1 heterocycles. The Hall–Kier alpha value is -2.93. The maximum Gasteiger partial charge on any atom is 0.261 e. The van der Waals surface area contributed by atoms with Gasteiger partial charge in [0.25, 0.3) is 11.8 Å². The van der Waals surface area contributed by atoms with E-state index in [0.717, 1.165) is 38.8 Å². The summed E-state index contributed by atoms with van der Waals surface area (Å²) in [7, 11) is 0. The van der Waals surface area contributed by atoms with Gasteiger partial charge in [0.05, 0.1) is 12.2 Å². The molecule has 164 valence electrons. The second-order valence-electron chi connectivity index (χ2n) is 7.54. The van der Waals surface area contributed by atoms with Gasteiger partial charge < -0.3 is 15.0 Å². The average molecular weight is 440 g/mol. The highest BCUT2D eigenvalue weighted by molar-refractivity contribution is 7.80. The average Bonchev–Trinajstić information content (AvgIpc) is 2.80. The fourth-order valence-corrected chi connectivity index (χ4v) is 3.63. The molecule has 6 nitrogen and oxygen atoms in total. The lowest BCUT2D eigenvalue weighted by atomic mass is 10.1. The topological polar surface area (TPSA) is 70.7 Å². The van der Waals surface area contributed by atoms with Gasteiger partial charge in [0.15, 0.2) is 5.11 Å². The van der Waals surface area contributed by atoms with Crippen molar-refractivity contribution in [2.45, 2.75) is 39.0 Å². The van der Waals surface area contributed by atoms with E-state index in [2.05, 4.69) is 17.6 Å². The summed E-state index contributed by atoms with van der Waals surface area (Å²) in [6.45, 7) is 4.28. The molecule has 1 saturated heterocycles. The Morgan fingerprint density at radius 1 is 1.03 bits per heavy atom. The number of para-hydroxylation sites is 1. The van der Waals surface area contributed by atoms with Crippen LogP contribution in [0, 0.1) is 0 Å². The van der Waals surface area contributed by atoms with Crippen LogP contribution in [-0.4, -0.2) is 41.5 Å². The highest BCUT2D eigenvalue weighted by Gasteiger charge is 2.18. The van der Waals surface area contributed by atoms with Crippen LogP contribution >= 0.6 is 12.2 Å². The number of carbonyl (C=O) groups excluding carboxylic acids is 2. The molecule has 1 fully saturated rings. The molecule has 2 amide bonds. The van der Waals surface area contributed by atoms with Crippen LogP contribution in [0.15, 0.2) is 48.5 Å². The van der Waals surface area contributed by atoms with E-state index in [1.807, 2.05) is 11.0 Å². The van der Waals surface area contributed by atoms with Crippen molar-refractivity contribution in [3.63, 3.8) is 0 Å². The predicted octanol–water partition coefficient (Wildman–Crippen LogP) is 4.62. The summed E-state index contributed by atoms with van der Waals surface area (Å²) in [5.41, 5.74) is 1.79. The van der Waals surface area contributed by atoms with Gasteiger partial charge >= 0.3 is 0 Å². The smallest absolute Gasteiger partial charge is 0.261 e. The first kappa shape index (κ1) is 22.7. The van der Waals surface area contributed by atoms with E-state index in [4.69, 9.17) is 17.0 Å². The zero-order chi connectivity index (χ0) is 22.1. The summed E-state index contributed by atoms with van der Waals surface area (Å²) in [6, 6.07) is 14.2. The maximum atomic E-state index is 12.6. The van der Waals surface area contributed by atoms with Crippen LogP contribution in [0.2, 0.25) is 0 Å². The number of anilines is 1. The molecule has 3 rings (SSSR count). The van der Waals surface area contributed by atoms with Crippen LogP contribution in [-0.2, 0) is 0 Å². The molecule has 2 aromatic carbocycles. The number of benzene rings is 2. The molecule has 0 spiro atoms. The molecule has 0 atom stereocenters. The minimum absolute atomic E-state index is 0.0572. The number of nitrogens with zero attached hydrogens (tertiary/aromatic N) is 1. The van der Waals surface area contributed by atoms with Crippen molar-refractivity contribution < 1.29 is 14.3 Å². The maximum absolute atomic E-state index is 12.6. The lowest BCUT2D eigenvalue weighted by Crippen LogP contribution is -2.35. The number of ether oxygens (including phenoxy) is 1. The van der Waals surface area contributed by atoms with Gasteiger partial charge in [0.1, 0.15) is 5.75 Å². The monoisotopic (exact) mass is 439 g/mol. The van der Waals surface area contributed by atoms with Crippen molar-refractivity contribution in [2.75, 3.05) is 25.0 Å². The number of likely N-dealkylation sites (tertiary alicyclic amines) is 1. The lowest BCUT2D eigenvalue weighted by Gasteiger charge is -2.26. The molecule has 1 aliphatic heterocycles. The van der Waals surface area contributed by atoms with E-state index >= 15 is 0 Å². The number of rotatable bonds is 7. The summed E-state index contributed by atoms with van der Waals surface area (Å²) in [6.07, 6.45) is 5.25. The first-order valence-electron chi connectivity index (χ1n) is 10.8. The van der Waals surface area contributed by atoms with E-state index < -0.39 is 0 Å².